The molecule has 216 valence electrons. The maximum atomic E-state index is 13.0. The number of nitrogens with one attached hydrogen (secondary N) is 1. The van der Waals surface area contributed by atoms with Gasteiger partial charge < -0.3 is 19.1 Å². The lowest BCUT2D eigenvalue weighted by molar-refractivity contribution is -0.123. The number of benzene rings is 2. The van der Waals surface area contributed by atoms with Crippen LogP contribution in [0.4, 0.5) is 5.69 Å². The Morgan fingerprint density at radius 1 is 1.15 bits per heavy atom. The molecule has 0 radical (unpaired) electrons. The van der Waals surface area contributed by atoms with Gasteiger partial charge in [0.15, 0.2) is 0 Å². The Morgan fingerprint density at radius 2 is 2.00 bits per heavy atom. The largest absolute Gasteiger partial charge is 0.494 e. The number of amides is 1. The molecule has 2 heterocycles. The fourth-order valence-electron chi connectivity index (χ4n) is 6.05. The van der Waals surface area contributed by atoms with Gasteiger partial charge in [-0.1, -0.05) is 43.7 Å². The molecular weight excluding hydrogens is 544 g/mol. The fraction of sp³-hybridized carbons (Fsp3) is 0.531. The van der Waals surface area contributed by atoms with Gasteiger partial charge in [-0.25, -0.2) is 0 Å². The highest BCUT2D eigenvalue weighted by atomic mass is 35.5. The molecule has 6 unspecified atom stereocenters. The number of rotatable bonds is 4. The SMILES string of the molecule is CCOc1cc(Cl)ccc1C1COc2ccc3cc2N(C1)CC1CCC1C(OC)/C=C/CC(C)C(C)C(=O)NS3. The van der Waals surface area contributed by atoms with Crippen LogP contribution in [0.15, 0.2) is 53.4 Å². The Balaban J connectivity index is 1.50. The average Bonchev–Trinajstić information content (AvgIpc) is 3.11. The van der Waals surface area contributed by atoms with E-state index in [1.54, 1.807) is 0 Å². The first-order valence-electron chi connectivity index (χ1n) is 14.5. The van der Waals surface area contributed by atoms with E-state index < -0.39 is 0 Å². The zero-order valence-electron chi connectivity index (χ0n) is 23.9. The summed E-state index contributed by atoms with van der Waals surface area (Å²) in [5, 5.41) is 0.665. The van der Waals surface area contributed by atoms with Crippen LogP contribution in [-0.2, 0) is 9.53 Å². The lowest BCUT2D eigenvalue weighted by atomic mass is 9.70. The van der Waals surface area contributed by atoms with E-state index in [1.807, 2.05) is 45.2 Å². The number of carbonyl (C=O) groups is 1. The zero-order valence-corrected chi connectivity index (χ0v) is 25.5. The smallest absolute Gasteiger partial charge is 0.233 e. The van der Waals surface area contributed by atoms with Crippen molar-refractivity contribution in [1.82, 2.24) is 4.72 Å². The van der Waals surface area contributed by atoms with Crippen molar-refractivity contribution in [2.45, 2.75) is 57.0 Å². The Kier molecular flexibility index (Phi) is 9.54. The molecule has 1 amide bonds. The van der Waals surface area contributed by atoms with Crippen molar-refractivity contribution < 1.29 is 19.0 Å². The van der Waals surface area contributed by atoms with Gasteiger partial charge in [0, 0.05) is 47.5 Å². The molecular formula is C32H41ClN2O4S. The number of fused-ring (bicyclic) bond motifs is 2. The van der Waals surface area contributed by atoms with Gasteiger partial charge in [-0.05, 0) is 86.2 Å². The maximum absolute atomic E-state index is 13.0. The highest BCUT2D eigenvalue weighted by Gasteiger charge is 2.39. The van der Waals surface area contributed by atoms with E-state index in [-0.39, 0.29) is 29.8 Å². The minimum Gasteiger partial charge on any atom is -0.494 e. The number of methoxy groups -OCH3 is 1. The third-order valence-electron chi connectivity index (χ3n) is 8.86. The molecule has 5 rings (SSSR count). The molecule has 1 aliphatic carbocycles. The minimum absolute atomic E-state index is 0.0506. The van der Waals surface area contributed by atoms with Crippen molar-refractivity contribution in [3.63, 3.8) is 0 Å². The first-order valence-corrected chi connectivity index (χ1v) is 15.7. The van der Waals surface area contributed by atoms with Crippen LogP contribution < -0.4 is 19.1 Å². The maximum Gasteiger partial charge on any atom is 0.233 e. The molecule has 0 saturated heterocycles. The Hall–Kier alpha value is -2.35. The lowest BCUT2D eigenvalue weighted by Gasteiger charge is -2.43. The summed E-state index contributed by atoms with van der Waals surface area (Å²) >= 11 is 7.72. The molecule has 2 aromatic carbocycles. The first kappa shape index (κ1) is 29.2. The van der Waals surface area contributed by atoms with E-state index in [0.29, 0.717) is 30.1 Å². The normalized spacial score (nSPS) is 29.7. The van der Waals surface area contributed by atoms with Crippen molar-refractivity contribution in [3.05, 3.63) is 59.1 Å². The molecule has 2 bridgehead atoms. The number of ether oxygens (including phenoxy) is 3. The summed E-state index contributed by atoms with van der Waals surface area (Å²) in [6.07, 6.45) is 7.70. The van der Waals surface area contributed by atoms with Crippen LogP contribution in [0.5, 0.6) is 11.5 Å². The second-order valence-electron chi connectivity index (χ2n) is 11.4. The van der Waals surface area contributed by atoms with Crippen molar-refractivity contribution in [1.29, 1.82) is 0 Å². The van der Waals surface area contributed by atoms with Crippen LogP contribution in [0.25, 0.3) is 0 Å². The van der Waals surface area contributed by atoms with Gasteiger partial charge in [0.2, 0.25) is 5.91 Å². The summed E-state index contributed by atoms with van der Waals surface area (Å²) in [4.78, 5) is 16.4. The van der Waals surface area contributed by atoms with E-state index >= 15 is 0 Å². The summed E-state index contributed by atoms with van der Waals surface area (Å²) in [5.41, 5.74) is 2.18. The van der Waals surface area contributed by atoms with Crippen LogP contribution in [0.1, 0.15) is 51.5 Å². The van der Waals surface area contributed by atoms with Gasteiger partial charge in [0.1, 0.15) is 11.5 Å². The highest BCUT2D eigenvalue weighted by Crippen LogP contribution is 2.44. The molecule has 1 saturated carbocycles. The summed E-state index contributed by atoms with van der Waals surface area (Å²) < 4.78 is 21.5. The number of hydrogen-bond donors (Lipinski definition) is 1. The van der Waals surface area contributed by atoms with E-state index in [4.69, 9.17) is 25.8 Å². The second kappa shape index (κ2) is 13.1. The average molecular weight is 585 g/mol. The summed E-state index contributed by atoms with van der Waals surface area (Å²) in [6.45, 7) is 8.96. The number of allylic oxidation sites excluding steroid dienone is 1. The molecule has 3 aliphatic rings. The minimum atomic E-state index is -0.0946. The Bertz CT molecular complexity index is 1220. The predicted octanol–water partition coefficient (Wildman–Crippen LogP) is 7.12. The summed E-state index contributed by atoms with van der Waals surface area (Å²) in [5.74, 6) is 2.96. The molecule has 8 heteroatoms. The van der Waals surface area contributed by atoms with Crippen molar-refractivity contribution in [2.24, 2.45) is 23.7 Å². The highest BCUT2D eigenvalue weighted by molar-refractivity contribution is 7.98. The third kappa shape index (κ3) is 6.42. The van der Waals surface area contributed by atoms with E-state index in [2.05, 4.69) is 40.8 Å². The number of hydrogen-bond acceptors (Lipinski definition) is 6. The fourth-order valence-corrected chi connectivity index (χ4v) is 6.92. The van der Waals surface area contributed by atoms with Gasteiger partial charge in [-0.15, -0.1) is 0 Å². The molecule has 0 aromatic heterocycles. The zero-order chi connectivity index (χ0) is 28.2. The van der Waals surface area contributed by atoms with Gasteiger partial charge in [0.25, 0.3) is 0 Å². The van der Waals surface area contributed by atoms with Crippen LogP contribution in [0.3, 0.4) is 0 Å². The summed E-state index contributed by atoms with van der Waals surface area (Å²) in [7, 11) is 1.81. The molecule has 2 aromatic rings. The number of nitrogens with zero attached hydrogens (tertiary/aromatic N) is 1. The summed E-state index contributed by atoms with van der Waals surface area (Å²) in [6, 6.07) is 12.1. The number of carbonyl (C=O) groups excluding carboxylic acids is 1. The van der Waals surface area contributed by atoms with E-state index in [0.717, 1.165) is 53.6 Å². The topological polar surface area (TPSA) is 60.0 Å². The Labute approximate surface area is 247 Å². The monoisotopic (exact) mass is 584 g/mol. The predicted molar refractivity (Wildman–Crippen MR) is 163 cm³/mol. The van der Waals surface area contributed by atoms with Gasteiger partial charge in [0.05, 0.1) is 25.0 Å². The molecule has 1 fully saturated rings. The number of halogens is 1. The van der Waals surface area contributed by atoms with Crippen LogP contribution in [0, 0.1) is 23.7 Å². The van der Waals surface area contributed by atoms with Crippen LogP contribution in [-0.4, -0.2) is 45.4 Å². The van der Waals surface area contributed by atoms with Gasteiger partial charge in [-0.3, -0.25) is 9.52 Å². The van der Waals surface area contributed by atoms with E-state index in [1.165, 1.54) is 18.4 Å². The second-order valence-corrected chi connectivity index (χ2v) is 12.7. The van der Waals surface area contributed by atoms with E-state index in [9.17, 15) is 4.79 Å². The lowest BCUT2D eigenvalue weighted by Crippen LogP contribution is -2.44. The third-order valence-corrected chi connectivity index (χ3v) is 9.89. The molecule has 6 nitrogen and oxygen atoms in total. The van der Waals surface area contributed by atoms with Crippen LogP contribution >= 0.6 is 23.5 Å². The Morgan fingerprint density at radius 3 is 2.75 bits per heavy atom. The quantitative estimate of drug-likeness (QED) is 0.305. The van der Waals surface area contributed by atoms with Crippen molar-refractivity contribution >= 4 is 35.1 Å². The molecule has 40 heavy (non-hydrogen) atoms. The van der Waals surface area contributed by atoms with Crippen LogP contribution in [0.2, 0.25) is 5.02 Å². The van der Waals surface area contributed by atoms with Crippen molar-refractivity contribution in [3.8, 4) is 11.5 Å². The molecule has 6 atom stereocenters. The molecule has 1 N–H and O–H groups in total. The van der Waals surface area contributed by atoms with Crippen molar-refractivity contribution in [2.75, 3.05) is 38.3 Å². The molecule has 0 spiro atoms. The standard InChI is InChI=1S/C32H41ClN2O4S/c1-5-38-31-15-24(33)10-13-27(31)23-18-35-17-22-9-12-26(22)29(37-4)8-6-7-20(2)21(3)32(36)34-40-25-11-14-30(39-19-23)28(35)16-25/h6,8,10-11,13-16,20-23,26,29H,5,7,9,12,17-19H2,1-4H3,(H,34,36)/b8-6+. The van der Waals surface area contributed by atoms with Gasteiger partial charge in [-0.2, -0.15) is 0 Å². The first-order chi connectivity index (χ1) is 19.4. The number of anilines is 1. The molecule has 2 aliphatic heterocycles. The van der Waals surface area contributed by atoms with Gasteiger partial charge >= 0.3 is 0 Å².